The molecule has 0 aliphatic rings. The summed E-state index contributed by atoms with van der Waals surface area (Å²) in [5.41, 5.74) is 2.25. The van der Waals surface area contributed by atoms with Crippen LogP contribution in [0.1, 0.15) is 22.8 Å². The quantitative estimate of drug-likeness (QED) is 0.119. The molecule has 0 aliphatic carbocycles. The van der Waals surface area contributed by atoms with Crippen molar-refractivity contribution in [1.82, 2.24) is 9.97 Å². The second-order valence-corrected chi connectivity index (χ2v) is 8.30. The molecule has 40 heavy (non-hydrogen) atoms. The number of carbonyl (C=O) groups excluding carboxylic acids is 2. The maximum absolute atomic E-state index is 12.6. The van der Waals surface area contributed by atoms with Crippen molar-refractivity contribution >= 4 is 34.3 Å². The van der Waals surface area contributed by atoms with Gasteiger partial charge in [0.1, 0.15) is 43.3 Å². The van der Waals surface area contributed by atoms with Gasteiger partial charge in [-0.1, -0.05) is 24.1 Å². The van der Waals surface area contributed by atoms with E-state index in [9.17, 15) is 9.59 Å². The highest BCUT2D eigenvalue weighted by atomic mass is 16.6. The molecular formula is C30H27N3O7. The van der Waals surface area contributed by atoms with Crippen LogP contribution in [0.5, 0.6) is 17.2 Å². The molecule has 1 heterocycles. The number of nitrogens with one attached hydrogen (secondary N) is 1. The Morgan fingerprint density at radius 1 is 0.900 bits per heavy atom. The highest BCUT2D eigenvalue weighted by Gasteiger charge is 2.16. The number of para-hydroxylation sites is 1. The maximum atomic E-state index is 12.6. The van der Waals surface area contributed by atoms with Crippen molar-refractivity contribution in [3.05, 3.63) is 78.1 Å². The van der Waals surface area contributed by atoms with E-state index < -0.39 is 11.9 Å². The number of aromatic nitrogens is 2. The van der Waals surface area contributed by atoms with Crippen molar-refractivity contribution in [2.75, 3.05) is 38.9 Å². The van der Waals surface area contributed by atoms with E-state index in [0.29, 0.717) is 34.8 Å². The summed E-state index contributed by atoms with van der Waals surface area (Å²) in [6.07, 6.45) is 6.98. The molecular weight excluding hydrogens is 514 g/mol. The van der Waals surface area contributed by atoms with Crippen molar-refractivity contribution < 1.29 is 33.3 Å². The molecule has 1 N–H and O–H groups in total. The van der Waals surface area contributed by atoms with Crippen LogP contribution in [0.25, 0.3) is 10.9 Å². The van der Waals surface area contributed by atoms with Gasteiger partial charge in [0.15, 0.2) is 11.5 Å². The van der Waals surface area contributed by atoms with Gasteiger partial charge in [0.2, 0.25) is 0 Å². The van der Waals surface area contributed by atoms with Crippen molar-refractivity contribution in [2.24, 2.45) is 0 Å². The van der Waals surface area contributed by atoms with Crippen LogP contribution in [0.15, 0.2) is 67.0 Å². The molecule has 0 atom stereocenters. The normalized spacial score (nSPS) is 10.4. The third-order valence-corrected chi connectivity index (χ3v) is 5.47. The molecule has 0 aliphatic heterocycles. The molecule has 0 amide bonds. The van der Waals surface area contributed by atoms with Gasteiger partial charge in [-0.05, 0) is 36.4 Å². The Morgan fingerprint density at radius 2 is 1.68 bits per heavy atom. The van der Waals surface area contributed by atoms with Crippen molar-refractivity contribution in [2.45, 2.75) is 6.92 Å². The van der Waals surface area contributed by atoms with Gasteiger partial charge < -0.3 is 29.0 Å². The number of ether oxygens (including phenoxy) is 5. The molecule has 0 spiro atoms. The van der Waals surface area contributed by atoms with Gasteiger partial charge in [-0.3, -0.25) is 4.79 Å². The first-order chi connectivity index (χ1) is 19.5. The molecule has 3 aromatic carbocycles. The lowest BCUT2D eigenvalue weighted by molar-refractivity contribution is -0.131. The van der Waals surface area contributed by atoms with E-state index in [2.05, 4.69) is 21.2 Å². The number of benzene rings is 3. The standard InChI is InChI=1S/C30H27N3O7/c1-4-21-8-7-9-22(16-21)33-29-24-17-27(28(37-13-12-36-3)18-25(24)31-19-32-29)38-14-15-39-30(35)23-10-5-6-11-26(23)40-20(2)34/h1,5-11,16-19H,12-15H2,2-3H3,(H,31,32,33). The summed E-state index contributed by atoms with van der Waals surface area (Å²) < 4.78 is 27.4. The molecule has 10 nitrogen and oxygen atoms in total. The van der Waals surface area contributed by atoms with E-state index in [1.807, 2.05) is 24.3 Å². The molecule has 10 heteroatoms. The lowest BCUT2D eigenvalue weighted by Gasteiger charge is -2.15. The molecule has 0 saturated heterocycles. The third kappa shape index (κ3) is 7.24. The lowest BCUT2D eigenvalue weighted by atomic mass is 10.2. The average molecular weight is 542 g/mol. The predicted molar refractivity (Wildman–Crippen MR) is 148 cm³/mol. The largest absolute Gasteiger partial charge is 0.487 e. The summed E-state index contributed by atoms with van der Waals surface area (Å²) in [6, 6.07) is 17.2. The number of esters is 2. The van der Waals surface area contributed by atoms with E-state index in [1.165, 1.54) is 25.4 Å². The fourth-order valence-electron chi connectivity index (χ4n) is 3.69. The van der Waals surface area contributed by atoms with Crippen molar-refractivity contribution in [3.63, 3.8) is 0 Å². The fourth-order valence-corrected chi connectivity index (χ4v) is 3.69. The highest BCUT2D eigenvalue weighted by Crippen LogP contribution is 2.35. The third-order valence-electron chi connectivity index (χ3n) is 5.47. The van der Waals surface area contributed by atoms with Gasteiger partial charge in [0.05, 0.1) is 12.1 Å². The first-order valence-corrected chi connectivity index (χ1v) is 12.3. The van der Waals surface area contributed by atoms with E-state index >= 15 is 0 Å². The van der Waals surface area contributed by atoms with Gasteiger partial charge in [-0.25, -0.2) is 14.8 Å². The Morgan fingerprint density at radius 3 is 2.45 bits per heavy atom. The van der Waals surface area contributed by atoms with Crippen LogP contribution >= 0.6 is 0 Å². The SMILES string of the molecule is C#Cc1cccc(Nc2ncnc3cc(OCCOC)c(OCCOC(=O)c4ccccc4OC(C)=O)cc23)c1. The molecule has 1 aromatic heterocycles. The molecule has 4 rings (SSSR count). The van der Waals surface area contributed by atoms with Crippen LogP contribution in [0.4, 0.5) is 11.5 Å². The number of methoxy groups -OCH3 is 1. The summed E-state index contributed by atoms with van der Waals surface area (Å²) >= 11 is 0. The molecule has 0 fully saturated rings. The van der Waals surface area contributed by atoms with Gasteiger partial charge in [-0.15, -0.1) is 6.42 Å². The second kappa shape index (κ2) is 13.6. The van der Waals surface area contributed by atoms with Gasteiger partial charge in [-0.2, -0.15) is 0 Å². The van der Waals surface area contributed by atoms with Gasteiger partial charge in [0.25, 0.3) is 0 Å². The van der Waals surface area contributed by atoms with E-state index in [0.717, 1.165) is 11.3 Å². The first-order valence-electron chi connectivity index (χ1n) is 12.3. The van der Waals surface area contributed by atoms with E-state index in [-0.39, 0.29) is 31.1 Å². The number of anilines is 2. The van der Waals surface area contributed by atoms with Crippen LogP contribution in [0.2, 0.25) is 0 Å². The van der Waals surface area contributed by atoms with Gasteiger partial charge in [0, 0.05) is 36.7 Å². The van der Waals surface area contributed by atoms with Crippen LogP contribution in [0, 0.1) is 12.3 Å². The van der Waals surface area contributed by atoms with E-state index in [1.54, 1.807) is 31.4 Å². The number of hydrogen-bond donors (Lipinski definition) is 1. The second-order valence-electron chi connectivity index (χ2n) is 8.30. The monoisotopic (exact) mass is 541 g/mol. The number of rotatable bonds is 12. The zero-order valence-corrected chi connectivity index (χ0v) is 22.0. The first kappa shape index (κ1) is 27.9. The molecule has 4 aromatic rings. The number of nitrogens with zero attached hydrogens (tertiary/aromatic N) is 2. The van der Waals surface area contributed by atoms with Crippen LogP contribution < -0.4 is 19.5 Å². The minimum absolute atomic E-state index is 0.0221. The Labute approximate surface area is 231 Å². The molecule has 0 bridgehead atoms. The zero-order chi connectivity index (χ0) is 28.3. The number of terminal acetylenes is 1. The maximum Gasteiger partial charge on any atom is 0.342 e. The Balaban J connectivity index is 1.52. The minimum Gasteiger partial charge on any atom is -0.487 e. The summed E-state index contributed by atoms with van der Waals surface area (Å²) in [5.74, 6) is 2.93. The lowest BCUT2D eigenvalue weighted by Crippen LogP contribution is -2.15. The predicted octanol–water partition coefficient (Wildman–Crippen LogP) is 4.54. The van der Waals surface area contributed by atoms with Crippen LogP contribution in [-0.2, 0) is 14.3 Å². The summed E-state index contributed by atoms with van der Waals surface area (Å²) in [7, 11) is 1.58. The summed E-state index contributed by atoms with van der Waals surface area (Å²) in [6.45, 7) is 1.87. The Kier molecular flexibility index (Phi) is 9.48. The Bertz CT molecular complexity index is 1550. The Hall–Kier alpha value is -5.14. The number of hydrogen-bond acceptors (Lipinski definition) is 10. The number of fused-ring (bicyclic) bond motifs is 1. The van der Waals surface area contributed by atoms with Gasteiger partial charge >= 0.3 is 11.9 Å². The topological polar surface area (TPSA) is 118 Å². The van der Waals surface area contributed by atoms with E-state index in [4.69, 9.17) is 30.1 Å². The minimum atomic E-state index is -0.649. The van der Waals surface area contributed by atoms with Crippen molar-refractivity contribution in [3.8, 4) is 29.6 Å². The molecule has 0 radical (unpaired) electrons. The zero-order valence-electron chi connectivity index (χ0n) is 22.0. The van der Waals surface area contributed by atoms with Crippen LogP contribution in [0.3, 0.4) is 0 Å². The fraction of sp³-hybridized carbons (Fsp3) is 0.200. The van der Waals surface area contributed by atoms with Crippen molar-refractivity contribution in [1.29, 1.82) is 0 Å². The molecule has 204 valence electrons. The molecule has 0 saturated carbocycles. The average Bonchev–Trinajstić information content (AvgIpc) is 2.95. The number of carbonyl (C=O) groups is 2. The smallest absolute Gasteiger partial charge is 0.342 e. The summed E-state index contributed by atoms with van der Waals surface area (Å²) in [4.78, 5) is 32.7. The molecule has 0 unspecified atom stereocenters. The summed E-state index contributed by atoms with van der Waals surface area (Å²) in [5, 5.41) is 3.95. The highest BCUT2D eigenvalue weighted by molar-refractivity contribution is 5.94. The van der Waals surface area contributed by atoms with Crippen LogP contribution in [-0.4, -0.2) is 55.4 Å².